The predicted octanol–water partition coefficient (Wildman–Crippen LogP) is 2.60. The summed E-state index contributed by atoms with van der Waals surface area (Å²) in [5, 5.41) is 6.65. The van der Waals surface area contributed by atoms with E-state index in [0.717, 1.165) is 12.8 Å². The fourth-order valence-corrected chi connectivity index (χ4v) is 4.36. The monoisotopic (exact) mass is 377 g/mol. The van der Waals surface area contributed by atoms with E-state index in [1.165, 1.54) is 31.4 Å². The van der Waals surface area contributed by atoms with Crippen molar-refractivity contribution in [3.63, 3.8) is 0 Å². The summed E-state index contributed by atoms with van der Waals surface area (Å²) in [7, 11) is -3.46. The molecule has 1 amide bonds. The topological polar surface area (TPSA) is 102 Å². The lowest BCUT2D eigenvalue weighted by Crippen LogP contribution is -2.25. The molecule has 1 aliphatic carbocycles. The number of carbonyl (C=O) groups excluding carboxylic acids is 1. The minimum Gasteiger partial charge on any atom is -0.347 e. The molecule has 26 heavy (non-hydrogen) atoms. The van der Waals surface area contributed by atoms with E-state index in [1.807, 2.05) is 0 Å². The van der Waals surface area contributed by atoms with Crippen LogP contribution in [0.5, 0.6) is 0 Å². The Bertz CT molecular complexity index is 827. The highest BCUT2D eigenvalue weighted by atomic mass is 32.2. The van der Waals surface area contributed by atoms with Crippen molar-refractivity contribution in [2.75, 3.05) is 5.75 Å². The summed E-state index contributed by atoms with van der Waals surface area (Å²) < 4.78 is 29.5. The highest BCUT2D eigenvalue weighted by Crippen LogP contribution is 2.30. The summed E-state index contributed by atoms with van der Waals surface area (Å²) in [5.74, 6) is 0.806. The standard InChI is InChI=1S/C18H23N3O4S/c22-16(11-12-26(23,24)15-9-5-2-6-10-15)19-13-17-20-18(21-25-17)14-7-3-1-4-8-14/h2,5-6,9-10,14H,1,3-4,7-8,11-13H2,(H,19,22). The summed E-state index contributed by atoms with van der Waals surface area (Å²) in [6.07, 6.45) is 5.65. The van der Waals surface area contributed by atoms with Gasteiger partial charge in [-0.25, -0.2) is 8.42 Å². The molecule has 8 heteroatoms. The van der Waals surface area contributed by atoms with Gasteiger partial charge in [-0.3, -0.25) is 4.79 Å². The summed E-state index contributed by atoms with van der Waals surface area (Å²) in [5.41, 5.74) is 0. The number of sulfone groups is 1. The summed E-state index contributed by atoms with van der Waals surface area (Å²) in [6, 6.07) is 8.12. The number of hydrogen-bond donors (Lipinski definition) is 1. The second-order valence-electron chi connectivity index (χ2n) is 6.54. The third-order valence-corrected chi connectivity index (χ3v) is 6.32. The molecule has 0 aliphatic heterocycles. The number of aromatic nitrogens is 2. The SMILES string of the molecule is O=C(CCS(=O)(=O)c1ccccc1)NCc1nc(C2CCCCC2)no1. The molecule has 0 saturated heterocycles. The lowest BCUT2D eigenvalue weighted by Gasteiger charge is -2.17. The third kappa shape index (κ3) is 4.91. The van der Waals surface area contributed by atoms with Gasteiger partial charge in [0.05, 0.1) is 17.2 Å². The van der Waals surface area contributed by atoms with Gasteiger partial charge in [0.25, 0.3) is 0 Å². The minimum atomic E-state index is -3.46. The van der Waals surface area contributed by atoms with Gasteiger partial charge < -0.3 is 9.84 Å². The van der Waals surface area contributed by atoms with Crippen LogP contribution in [0.1, 0.15) is 56.2 Å². The summed E-state index contributed by atoms with van der Waals surface area (Å²) >= 11 is 0. The summed E-state index contributed by atoms with van der Waals surface area (Å²) in [6.45, 7) is 0.115. The van der Waals surface area contributed by atoms with Crippen LogP contribution in [0.3, 0.4) is 0 Å². The van der Waals surface area contributed by atoms with E-state index in [9.17, 15) is 13.2 Å². The normalized spacial score (nSPS) is 15.7. The van der Waals surface area contributed by atoms with Crippen LogP contribution in [0.25, 0.3) is 0 Å². The maximum absolute atomic E-state index is 12.2. The zero-order chi connectivity index (χ0) is 18.4. The Kier molecular flexibility index (Phi) is 6.03. The number of rotatable bonds is 7. The third-order valence-electron chi connectivity index (χ3n) is 4.59. The number of nitrogens with one attached hydrogen (secondary N) is 1. The maximum atomic E-state index is 12.2. The van der Waals surface area contributed by atoms with Gasteiger partial charge in [0.1, 0.15) is 0 Å². The van der Waals surface area contributed by atoms with Crippen molar-refractivity contribution >= 4 is 15.7 Å². The minimum absolute atomic E-state index is 0.110. The van der Waals surface area contributed by atoms with Gasteiger partial charge in [0, 0.05) is 12.3 Å². The molecule has 0 bridgehead atoms. The zero-order valence-corrected chi connectivity index (χ0v) is 15.4. The Balaban J connectivity index is 1.46. The Morgan fingerprint density at radius 1 is 1.15 bits per heavy atom. The molecule has 0 atom stereocenters. The molecule has 1 aromatic heterocycles. The van der Waals surface area contributed by atoms with Crippen LogP contribution in [0, 0.1) is 0 Å². The fourth-order valence-electron chi connectivity index (χ4n) is 3.10. The lowest BCUT2D eigenvalue weighted by atomic mass is 9.89. The van der Waals surface area contributed by atoms with Crippen molar-refractivity contribution in [2.24, 2.45) is 0 Å². The highest BCUT2D eigenvalue weighted by Gasteiger charge is 2.21. The van der Waals surface area contributed by atoms with Gasteiger partial charge in [-0.2, -0.15) is 4.98 Å². The van der Waals surface area contributed by atoms with Crippen molar-refractivity contribution < 1.29 is 17.7 Å². The van der Waals surface area contributed by atoms with Crippen LogP contribution in [-0.4, -0.2) is 30.2 Å². The quantitative estimate of drug-likeness (QED) is 0.796. The van der Waals surface area contributed by atoms with Gasteiger partial charge in [-0.05, 0) is 25.0 Å². The second kappa shape index (κ2) is 8.44. The first-order valence-corrected chi connectivity index (χ1v) is 10.6. The van der Waals surface area contributed by atoms with Crippen molar-refractivity contribution in [3.8, 4) is 0 Å². The van der Waals surface area contributed by atoms with Crippen molar-refractivity contribution in [2.45, 2.75) is 55.9 Å². The number of nitrogens with zero attached hydrogens (tertiary/aromatic N) is 2. The van der Waals surface area contributed by atoms with E-state index in [0.29, 0.717) is 17.6 Å². The van der Waals surface area contributed by atoms with Crippen LogP contribution >= 0.6 is 0 Å². The van der Waals surface area contributed by atoms with Crippen LogP contribution in [0.4, 0.5) is 0 Å². The largest absolute Gasteiger partial charge is 0.347 e. The highest BCUT2D eigenvalue weighted by molar-refractivity contribution is 7.91. The Labute approximate surface area is 153 Å². The van der Waals surface area contributed by atoms with E-state index in [4.69, 9.17) is 4.52 Å². The Morgan fingerprint density at radius 2 is 1.88 bits per heavy atom. The first kappa shape index (κ1) is 18.6. The Hall–Kier alpha value is -2.22. The lowest BCUT2D eigenvalue weighted by molar-refractivity contribution is -0.121. The molecule has 2 aromatic rings. The average Bonchev–Trinajstić information content (AvgIpc) is 3.15. The molecule has 0 radical (unpaired) electrons. The van der Waals surface area contributed by atoms with Gasteiger partial charge in [0.15, 0.2) is 15.7 Å². The molecule has 1 aromatic carbocycles. The average molecular weight is 377 g/mol. The molecule has 7 nitrogen and oxygen atoms in total. The van der Waals surface area contributed by atoms with Gasteiger partial charge in [-0.15, -0.1) is 0 Å². The van der Waals surface area contributed by atoms with Crippen LogP contribution < -0.4 is 5.32 Å². The van der Waals surface area contributed by atoms with E-state index >= 15 is 0 Å². The van der Waals surface area contributed by atoms with Gasteiger partial charge in [0.2, 0.25) is 11.8 Å². The van der Waals surface area contributed by atoms with E-state index in [1.54, 1.807) is 18.2 Å². The van der Waals surface area contributed by atoms with Gasteiger partial charge in [-0.1, -0.05) is 42.6 Å². The summed E-state index contributed by atoms with van der Waals surface area (Å²) in [4.78, 5) is 16.5. The van der Waals surface area contributed by atoms with Crippen molar-refractivity contribution in [1.82, 2.24) is 15.5 Å². The van der Waals surface area contributed by atoms with E-state index in [-0.39, 0.29) is 29.5 Å². The number of carbonyl (C=O) groups is 1. The van der Waals surface area contributed by atoms with E-state index in [2.05, 4.69) is 15.5 Å². The van der Waals surface area contributed by atoms with Crippen molar-refractivity contribution in [3.05, 3.63) is 42.0 Å². The molecule has 1 saturated carbocycles. The smallest absolute Gasteiger partial charge is 0.246 e. The van der Waals surface area contributed by atoms with Gasteiger partial charge >= 0.3 is 0 Å². The predicted molar refractivity (Wildman–Crippen MR) is 95.1 cm³/mol. The zero-order valence-electron chi connectivity index (χ0n) is 14.6. The molecule has 1 aliphatic rings. The first-order valence-electron chi connectivity index (χ1n) is 8.91. The van der Waals surface area contributed by atoms with Crippen LogP contribution in [-0.2, 0) is 21.2 Å². The van der Waals surface area contributed by atoms with E-state index < -0.39 is 9.84 Å². The number of benzene rings is 1. The Morgan fingerprint density at radius 3 is 2.62 bits per heavy atom. The molecule has 140 valence electrons. The van der Waals surface area contributed by atoms with Crippen LogP contribution in [0.2, 0.25) is 0 Å². The maximum Gasteiger partial charge on any atom is 0.246 e. The molecule has 0 spiro atoms. The first-order chi connectivity index (χ1) is 12.5. The number of amides is 1. The molecule has 1 N–H and O–H groups in total. The molecule has 0 unspecified atom stereocenters. The molecule has 3 rings (SSSR count). The second-order valence-corrected chi connectivity index (χ2v) is 8.65. The molecule has 1 heterocycles. The molecular formula is C18H23N3O4S. The van der Waals surface area contributed by atoms with Crippen molar-refractivity contribution in [1.29, 1.82) is 0 Å². The fraction of sp³-hybridized carbons (Fsp3) is 0.500. The molecular weight excluding hydrogens is 354 g/mol. The number of hydrogen-bond acceptors (Lipinski definition) is 6. The molecule has 1 fully saturated rings. The van der Waals surface area contributed by atoms with Crippen LogP contribution in [0.15, 0.2) is 39.8 Å².